The summed E-state index contributed by atoms with van der Waals surface area (Å²) in [5, 5.41) is 13.3. The third-order valence-electron chi connectivity index (χ3n) is 6.58. The number of likely N-dealkylation sites (N-methyl/N-ethyl adjacent to an activating group) is 1. The van der Waals surface area contributed by atoms with Crippen LogP contribution in [0.4, 0.5) is 0 Å². The van der Waals surface area contributed by atoms with E-state index in [4.69, 9.17) is 19.9 Å². The largest absolute Gasteiger partial charge is 0.493 e. The molecule has 1 saturated heterocycles. The van der Waals surface area contributed by atoms with Crippen LogP contribution in [-0.2, 0) is 0 Å². The van der Waals surface area contributed by atoms with E-state index in [0.717, 1.165) is 48.5 Å². The Hall–Kier alpha value is -3.39. The lowest BCUT2D eigenvalue weighted by molar-refractivity contribution is 0.0975. The van der Waals surface area contributed by atoms with Crippen molar-refractivity contribution in [2.75, 3.05) is 40.4 Å². The summed E-state index contributed by atoms with van der Waals surface area (Å²) in [6.07, 6.45) is 1.87. The molecule has 0 aliphatic carbocycles. The number of carbonyl (C=O) groups is 1. The molecule has 0 unspecified atom stereocenters. The van der Waals surface area contributed by atoms with Crippen LogP contribution in [0.5, 0.6) is 11.5 Å². The zero-order chi connectivity index (χ0) is 24.9. The number of piperidine rings is 1. The van der Waals surface area contributed by atoms with E-state index in [9.17, 15) is 4.79 Å². The summed E-state index contributed by atoms with van der Waals surface area (Å²) in [5.41, 5.74) is 4.63. The minimum absolute atomic E-state index is 0.0111. The van der Waals surface area contributed by atoms with Gasteiger partial charge in [0.25, 0.3) is 5.91 Å². The minimum Gasteiger partial charge on any atom is -0.493 e. The van der Waals surface area contributed by atoms with E-state index in [0.29, 0.717) is 30.4 Å². The van der Waals surface area contributed by atoms with Gasteiger partial charge in [-0.15, -0.1) is 0 Å². The van der Waals surface area contributed by atoms with Crippen LogP contribution in [0.15, 0.2) is 41.4 Å². The second-order valence-electron chi connectivity index (χ2n) is 9.06. The summed E-state index contributed by atoms with van der Waals surface area (Å²) in [6, 6.07) is 11.8. The predicted molar refractivity (Wildman–Crippen MR) is 138 cm³/mol. The van der Waals surface area contributed by atoms with Gasteiger partial charge in [0, 0.05) is 35.7 Å². The highest BCUT2D eigenvalue weighted by Crippen LogP contribution is 2.42. The smallest absolute Gasteiger partial charge is 0.257 e. The molecule has 0 radical (unpaired) electrons. The summed E-state index contributed by atoms with van der Waals surface area (Å²) in [5.74, 6) is 1.44. The lowest BCUT2D eigenvalue weighted by Gasteiger charge is -2.39. The molecule has 35 heavy (non-hydrogen) atoms. The molecule has 0 saturated carbocycles. The molecule has 2 aliphatic rings. The summed E-state index contributed by atoms with van der Waals surface area (Å²) >= 11 is 0. The van der Waals surface area contributed by atoms with Crippen molar-refractivity contribution in [3.8, 4) is 11.5 Å². The highest BCUT2D eigenvalue weighted by atomic mass is 16.5. The third-order valence-corrected chi connectivity index (χ3v) is 6.58. The Morgan fingerprint density at radius 1 is 1.20 bits per heavy atom. The predicted octanol–water partition coefficient (Wildman–Crippen LogP) is 3.40. The number of likely N-dealkylation sites (tertiary alicyclic amines) is 1. The average molecular weight is 478 g/mol. The number of fused-ring (bicyclic) bond motifs is 3. The van der Waals surface area contributed by atoms with Crippen LogP contribution in [0.3, 0.4) is 0 Å². The molecule has 1 fully saturated rings. The first-order chi connectivity index (χ1) is 16.9. The first-order valence-corrected chi connectivity index (χ1v) is 12.3. The number of rotatable bonds is 7. The first-order valence-electron chi connectivity index (χ1n) is 12.3. The maximum Gasteiger partial charge on any atom is 0.257 e. The van der Waals surface area contributed by atoms with Gasteiger partial charge in [-0.25, -0.2) is 0 Å². The molecule has 0 bridgehead atoms. The minimum atomic E-state index is -0.311. The number of nitrogens with zero attached hydrogens (tertiary/aromatic N) is 2. The number of nitrogens with one attached hydrogen (secondary N) is 3. The molecule has 3 N–H and O–H groups in total. The number of benzene rings is 2. The van der Waals surface area contributed by atoms with Gasteiger partial charge < -0.3 is 19.7 Å². The van der Waals surface area contributed by atoms with E-state index in [1.165, 1.54) is 5.56 Å². The summed E-state index contributed by atoms with van der Waals surface area (Å²) in [7, 11) is 3.81. The molecule has 8 heteroatoms. The number of hydrogen-bond acceptors (Lipinski definition) is 6. The number of aliphatic imine (C=N–C) groups is 1. The fourth-order valence-electron chi connectivity index (χ4n) is 4.80. The average Bonchev–Trinajstić information content (AvgIpc) is 2.87. The zero-order valence-corrected chi connectivity index (χ0v) is 21.0. The van der Waals surface area contributed by atoms with E-state index in [-0.39, 0.29) is 17.9 Å². The van der Waals surface area contributed by atoms with Crippen LogP contribution in [0.25, 0.3) is 0 Å². The van der Waals surface area contributed by atoms with Gasteiger partial charge in [-0.05, 0) is 63.2 Å². The Bertz CT molecular complexity index is 1110. The highest BCUT2D eigenvalue weighted by Gasteiger charge is 2.36. The SMILES string of the molecule is CCCNC(=N)NC(=O)c1ccc(C2=N[C@@H]3CCN(C)C[C@@H]3c3cc(OCC)c(OC)cc32)cc1. The highest BCUT2D eigenvalue weighted by molar-refractivity contribution is 6.15. The molecule has 0 spiro atoms. The lowest BCUT2D eigenvalue weighted by Crippen LogP contribution is -2.42. The third kappa shape index (κ3) is 5.32. The maximum atomic E-state index is 12.5. The van der Waals surface area contributed by atoms with Crippen LogP contribution in [-0.4, -0.2) is 68.9 Å². The Morgan fingerprint density at radius 3 is 2.66 bits per heavy atom. The topological polar surface area (TPSA) is 99.0 Å². The van der Waals surface area contributed by atoms with E-state index >= 15 is 0 Å². The fourth-order valence-corrected chi connectivity index (χ4v) is 4.80. The molecular formula is C27H35N5O3. The molecule has 2 aromatic carbocycles. The Labute approximate surface area is 207 Å². The number of carbonyl (C=O) groups excluding carboxylic acids is 1. The summed E-state index contributed by atoms with van der Waals surface area (Å²) < 4.78 is 11.5. The molecule has 2 aromatic rings. The first kappa shape index (κ1) is 24.7. The molecule has 2 atom stereocenters. The molecule has 1 amide bonds. The molecule has 4 rings (SSSR count). The summed E-state index contributed by atoms with van der Waals surface area (Å²) in [6.45, 7) is 7.15. The van der Waals surface area contributed by atoms with Crippen molar-refractivity contribution in [3.63, 3.8) is 0 Å². The maximum absolute atomic E-state index is 12.5. The van der Waals surface area contributed by atoms with E-state index in [1.54, 1.807) is 19.2 Å². The van der Waals surface area contributed by atoms with E-state index < -0.39 is 0 Å². The van der Waals surface area contributed by atoms with Gasteiger partial charge in [0.15, 0.2) is 17.5 Å². The molecule has 8 nitrogen and oxygen atoms in total. The van der Waals surface area contributed by atoms with Crippen molar-refractivity contribution in [3.05, 3.63) is 58.7 Å². The number of methoxy groups -OCH3 is 1. The molecule has 186 valence electrons. The van der Waals surface area contributed by atoms with Crippen molar-refractivity contribution < 1.29 is 14.3 Å². The number of hydrogen-bond donors (Lipinski definition) is 3. The van der Waals surface area contributed by atoms with Crippen molar-refractivity contribution in [1.29, 1.82) is 5.41 Å². The van der Waals surface area contributed by atoms with Crippen molar-refractivity contribution in [2.24, 2.45) is 4.99 Å². The lowest BCUT2D eigenvalue weighted by atomic mass is 9.79. The number of amides is 1. The quantitative estimate of drug-likeness (QED) is 0.419. The van der Waals surface area contributed by atoms with Gasteiger partial charge in [0.2, 0.25) is 0 Å². The second kappa shape index (κ2) is 10.9. The van der Waals surface area contributed by atoms with Crippen LogP contribution >= 0.6 is 0 Å². The van der Waals surface area contributed by atoms with Crippen LogP contribution in [0.1, 0.15) is 59.7 Å². The van der Waals surface area contributed by atoms with Gasteiger partial charge >= 0.3 is 0 Å². The van der Waals surface area contributed by atoms with Gasteiger partial charge in [0.1, 0.15) is 0 Å². The fraction of sp³-hybridized carbons (Fsp3) is 0.444. The van der Waals surface area contributed by atoms with Crippen LogP contribution in [0, 0.1) is 5.41 Å². The van der Waals surface area contributed by atoms with Gasteiger partial charge in [0.05, 0.1) is 25.5 Å². The number of guanidine groups is 1. The van der Waals surface area contributed by atoms with Crippen LogP contribution < -0.4 is 20.1 Å². The van der Waals surface area contributed by atoms with E-state index in [1.807, 2.05) is 32.0 Å². The van der Waals surface area contributed by atoms with Gasteiger partial charge in [-0.1, -0.05) is 19.1 Å². The van der Waals surface area contributed by atoms with Gasteiger partial charge in [-0.3, -0.25) is 20.5 Å². The Morgan fingerprint density at radius 2 is 1.97 bits per heavy atom. The standard InChI is InChI=1S/C27H35N5O3/c1-5-12-29-27(28)31-26(33)18-9-7-17(8-10-18)25-20-15-23(34-4)24(35-6-2)14-19(20)21-16-32(3)13-11-22(21)30-25/h7-10,14-15,21-22H,5-6,11-13,16H2,1-4H3,(H3,28,29,31,33)/t21-,22-/m1/s1. The van der Waals surface area contributed by atoms with Crippen LogP contribution in [0.2, 0.25) is 0 Å². The number of ether oxygens (including phenoxy) is 2. The normalized spacial score (nSPS) is 19.1. The monoisotopic (exact) mass is 477 g/mol. The van der Waals surface area contributed by atoms with E-state index in [2.05, 4.69) is 28.6 Å². The second-order valence-corrected chi connectivity index (χ2v) is 9.06. The van der Waals surface area contributed by atoms with Gasteiger partial charge in [-0.2, -0.15) is 0 Å². The van der Waals surface area contributed by atoms with Crippen molar-refractivity contribution >= 4 is 17.6 Å². The Balaban J connectivity index is 1.67. The molecular weight excluding hydrogens is 442 g/mol. The molecule has 2 heterocycles. The van der Waals surface area contributed by atoms with Crippen molar-refractivity contribution in [2.45, 2.75) is 38.6 Å². The Kier molecular flexibility index (Phi) is 7.70. The molecule has 0 aromatic heterocycles. The summed E-state index contributed by atoms with van der Waals surface area (Å²) in [4.78, 5) is 20.1. The zero-order valence-electron chi connectivity index (χ0n) is 21.0. The molecule has 2 aliphatic heterocycles. The van der Waals surface area contributed by atoms with Crippen molar-refractivity contribution in [1.82, 2.24) is 15.5 Å².